The molecular weight excluding hydrogens is 258 g/mol. The van der Waals surface area contributed by atoms with Gasteiger partial charge in [-0.2, -0.15) is 0 Å². The molecule has 1 heterocycles. The molecule has 0 saturated heterocycles. The molecule has 0 aliphatic carbocycles. The van der Waals surface area contributed by atoms with Crippen LogP contribution in [0.25, 0.3) is 0 Å². The van der Waals surface area contributed by atoms with Gasteiger partial charge < -0.3 is 5.32 Å². The van der Waals surface area contributed by atoms with Crippen molar-refractivity contribution >= 4 is 11.8 Å². The second-order valence-electron chi connectivity index (χ2n) is 4.70. The molecule has 1 N–H and O–H groups in total. The average molecular weight is 285 g/mol. The topological polar surface area (TPSA) is 55.6 Å². The van der Waals surface area contributed by atoms with E-state index in [1.54, 1.807) is 11.8 Å². The molecule has 6 heteroatoms. The molecule has 0 fully saturated rings. The van der Waals surface area contributed by atoms with Crippen LogP contribution in [0.4, 0.5) is 0 Å². The monoisotopic (exact) mass is 285 g/mol. The van der Waals surface area contributed by atoms with Crippen molar-refractivity contribution in [2.75, 3.05) is 18.8 Å². The van der Waals surface area contributed by atoms with E-state index in [-0.39, 0.29) is 0 Å². The van der Waals surface area contributed by atoms with Crippen LogP contribution in [0.15, 0.2) is 5.16 Å². The minimum atomic E-state index is 0.852. The Labute approximate surface area is 120 Å². The van der Waals surface area contributed by atoms with Crippen LogP contribution in [0, 0.1) is 0 Å². The summed E-state index contributed by atoms with van der Waals surface area (Å²) in [4.78, 5) is 0. The molecule has 110 valence electrons. The van der Waals surface area contributed by atoms with Gasteiger partial charge in [0.15, 0.2) is 0 Å². The fourth-order valence-corrected chi connectivity index (χ4v) is 2.70. The van der Waals surface area contributed by atoms with Crippen molar-refractivity contribution < 1.29 is 0 Å². The van der Waals surface area contributed by atoms with Gasteiger partial charge in [0, 0.05) is 12.3 Å². The average Bonchev–Trinajstić information content (AvgIpc) is 2.86. The van der Waals surface area contributed by atoms with E-state index in [0.717, 1.165) is 37.0 Å². The summed E-state index contributed by atoms with van der Waals surface area (Å²) in [6.07, 6.45) is 7.74. The van der Waals surface area contributed by atoms with Gasteiger partial charge in [-0.1, -0.05) is 51.3 Å². The van der Waals surface area contributed by atoms with E-state index in [2.05, 4.69) is 34.7 Å². The quantitative estimate of drug-likeness (QED) is 0.473. The lowest BCUT2D eigenvalue weighted by Crippen LogP contribution is -2.21. The smallest absolute Gasteiger partial charge is 0.209 e. The van der Waals surface area contributed by atoms with Crippen molar-refractivity contribution in [3.05, 3.63) is 0 Å². The highest BCUT2D eigenvalue weighted by atomic mass is 32.2. The van der Waals surface area contributed by atoms with E-state index in [1.807, 2.05) is 4.68 Å². The van der Waals surface area contributed by atoms with Crippen molar-refractivity contribution in [1.29, 1.82) is 0 Å². The lowest BCUT2D eigenvalue weighted by molar-refractivity contribution is 0.510. The molecule has 1 aromatic heterocycles. The van der Waals surface area contributed by atoms with Crippen LogP contribution in [0.3, 0.4) is 0 Å². The molecular formula is C13H27N5S. The second kappa shape index (κ2) is 11.2. The van der Waals surface area contributed by atoms with Crippen molar-refractivity contribution in [2.45, 2.75) is 64.1 Å². The summed E-state index contributed by atoms with van der Waals surface area (Å²) in [6, 6.07) is 0. The Morgan fingerprint density at radius 3 is 2.68 bits per heavy atom. The number of nitrogens with zero attached hydrogens (tertiary/aromatic N) is 4. The maximum atomic E-state index is 4.09. The van der Waals surface area contributed by atoms with Crippen LogP contribution < -0.4 is 5.32 Å². The molecule has 1 rings (SSSR count). The standard InChI is InChI=1S/C13H27N5S/c1-3-5-6-7-8-12-19-13-15-16-17-18(13)11-10-14-9-4-2/h14H,3-12H2,1-2H3. The van der Waals surface area contributed by atoms with Gasteiger partial charge in [0.05, 0.1) is 6.54 Å². The van der Waals surface area contributed by atoms with Crippen molar-refractivity contribution in [2.24, 2.45) is 0 Å². The van der Waals surface area contributed by atoms with Crippen LogP contribution in [-0.2, 0) is 6.54 Å². The molecule has 0 unspecified atom stereocenters. The first-order valence-electron chi connectivity index (χ1n) is 7.48. The minimum absolute atomic E-state index is 0.852. The number of aromatic nitrogens is 4. The first kappa shape index (κ1) is 16.4. The molecule has 1 aromatic rings. The van der Waals surface area contributed by atoms with Gasteiger partial charge in [-0.15, -0.1) is 5.10 Å². The van der Waals surface area contributed by atoms with Crippen LogP contribution in [-0.4, -0.2) is 39.0 Å². The maximum Gasteiger partial charge on any atom is 0.209 e. The first-order chi connectivity index (χ1) is 9.38. The Morgan fingerprint density at radius 1 is 1.05 bits per heavy atom. The van der Waals surface area contributed by atoms with Gasteiger partial charge in [0.2, 0.25) is 5.16 Å². The van der Waals surface area contributed by atoms with Gasteiger partial charge in [-0.3, -0.25) is 0 Å². The van der Waals surface area contributed by atoms with E-state index in [0.29, 0.717) is 0 Å². The molecule has 19 heavy (non-hydrogen) atoms. The van der Waals surface area contributed by atoms with E-state index in [9.17, 15) is 0 Å². The highest BCUT2D eigenvalue weighted by Crippen LogP contribution is 2.16. The van der Waals surface area contributed by atoms with Crippen molar-refractivity contribution in [3.8, 4) is 0 Å². The largest absolute Gasteiger partial charge is 0.315 e. The Hall–Kier alpha value is -0.620. The van der Waals surface area contributed by atoms with E-state index in [4.69, 9.17) is 0 Å². The summed E-state index contributed by atoms with van der Waals surface area (Å²) in [5, 5.41) is 16.2. The minimum Gasteiger partial charge on any atom is -0.315 e. The van der Waals surface area contributed by atoms with Gasteiger partial charge >= 0.3 is 0 Å². The van der Waals surface area contributed by atoms with E-state index >= 15 is 0 Å². The predicted molar refractivity (Wildman–Crippen MR) is 80.5 cm³/mol. The number of hydrogen-bond acceptors (Lipinski definition) is 5. The van der Waals surface area contributed by atoms with Crippen LogP contribution in [0.1, 0.15) is 52.4 Å². The summed E-state index contributed by atoms with van der Waals surface area (Å²) in [6.45, 7) is 7.26. The predicted octanol–water partition coefficient (Wildman–Crippen LogP) is 2.74. The summed E-state index contributed by atoms with van der Waals surface area (Å²) >= 11 is 1.77. The van der Waals surface area contributed by atoms with Crippen LogP contribution in [0.5, 0.6) is 0 Å². The van der Waals surface area contributed by atoms with Crippen molar-refractivity contribution in [3.63, 3.8) is 0 Å². The Morgan fingerprint density at radius 2 is 1.89 bits per heavy atom. The molecule has 0 aliphatic heterocycles. The molecule has 0 atom stereocenters. The lowest BCUT2D eigenvalue weighted by Gasteiger charge is -2.05. The van der Waals surface area contributed by atoms with Gasteiger partial charge in [-0.25, -0.2) is 4.68 Å². The molecule has 0 aromatic carbocycles. The molecule has 0 bridgehead atoms. The fourth-order valence-electron chi connectivity index (χ4n) is 1.80. The SMILES string of the molecule is CCCCCCCSc1nnnn1CCNCCC. The number of hydrogen-bond donors (Lipinski definition) is 1. The summed E-state index contributed by atoms with van der Waals surface area (Å²) < 4.78 is 1.90. The van der Waals surface area contributed by atoms with E-state index in [1.165, 1.54) is 32.1 Å². The zero-order chi connectivity index (χ0) is 13.8. The number of tetrazole rings is 1. The molecule has 0 radical (unpaired) electrons. The number of rotatable bonds is 12. The Balaban J connectivity index is 2.13. The first-order valence-corrected chi connectivity index (χ1v) is 8.46. The molecule has 0 amide bonds. The van der Waals surface area contributed by atoms with Gasteiger partial charge in [0.1, 0.15) is 0 Å². The molecule has 5 nitrogen and oxygen atoms in total. The normalized spacial score (nSPS) is 11.1. The fraction of sp³-hybridized carbons (Fsp3) is 0.923. The Bertz CT molecular complexity index is 316. The third-order valence-corrected chi connectivity index (χ3v) is 3.95. The highest BCUT2D eigenvalue weighted by molar-refractivity contribution is 7.99. The summed E-state index contributed by atoms with van der Waals surface area (Å²) in [5.74, 6) is 1.12. The van der Waals surface area contributed by atoms with Gasteiger partial charge in [-0.05, 0) is 29.8 Å². The third kappa shape index (κ3) is 7.52. The Kier molecular flexibility index (Phi) is 9.71. The molecule has 0 saturated carbocycles. The third-order valence-electron chi connectivity index (χ3n) is 2.91. The summed E-state index contributed by atoms with van der Waals surface area (Å²) in [7, 11) is 0. The van der Waals surface area contributed by atoms with Crippen LogP contribution in [0.2, 0.25) is 0 Å². The summed E-state index contributed by atoms with van der Waals surface area (Å²) in [5.41, 5.74) is 0. The molecule has 0 spiro atoms. The number of thioether (sulfide) groups is 1. The zero-order valence-electron chi connectivity index (χ0n) is 12.3. The number of unbranched alkanes of at least 4 members (excludes halogenated alkanes) is 4. The van der Waals surface area contributed by atoms with E-state index < -0.39 is 0 Å². The highest BCUT2D eigenvalue weighted by Gasteiger charge is 2.05. The maximum absolute atomic E-state index is 4.09. The molecule has 0 aliphatic rings. The lowest BCUT2D eigenvalue weighted by atomic mass is 10.2. The second-order valence-corrected chi connectivity index (χ2v) is 5.76. The van der Waals surface area contributed by atoms with Gasteiger partial charge in [0.25, 0.3) is 0 Å². The van der Waals surface area contributed by atoms with Crippen LogP contribution >= 0.6 is 11.8 Å². The van der Waals surface area contributed by atoms with Crippen molar-refractivity contribution in [1.82, 2.24) is 25.5 Å². The zero-order valence-corrected chi connectivity index (χ0v) is 13.1. The number of nitrogens with one attached hydrogen (secondary N) is 1.